The SMILES string of the molecule is CCc1ccc([I+]c2ccccc2)cc1.F[B-](F)(F)F. The van der Waals surface area contributed by atoms with Crippen LogP contribution >= 0.6 is 0 Å². The van der Waals surface area contributed by atoms with Crippen LogP contribution < -0.4 is 21.2 Å². The van der Waals surface area contributed by atoms with E-state index in [1.807, 2.05) is 0 Å². The summed E-state index contributed by atoms with van der Waals surface area (Å²) in [4.78, 5) is 0. The molecule has 0 nitrogen and oxygen atoms in total. The van der Waals surface area contributed by atoms with Crippen molar-refractivity contribution in [2.24, 2.45) is 0 Å². The third-order valence-electron chi connectivity index (χ3n) is 2.27. The van der Waals surface area contributed by atoms with Gasteiger partial charge in [0.15, 0.2) is 7.14 Å². The molecule has 0 aliphatic heterocycles. The maximum absolute atomic E-state index is 9.75. The topological polar surface area (TPSA) is 0 Å². The van der Waals surface area contributed by atoms with Crippen LogP contribution in [0.3, 0.4) is 0 Å². The number of rotatable bonds is 3. The Bertz CT molecular complexity index is 491. The molecule has 2 aromatic rings. The minimum Gasteiger partial charge on any atom is -0.418 e. The molecule has 0 aromatic heterocycles. The van der Waals surface area contributed by atoms with Crippen molar-refractivity contribution in [2.75, 3.05) is 0 Å². The predicted octanol–water partition coefficient (Wildman–Crippen LogP) is 1.68. The number of halogens is 5. The lowest BCUT2D eigenvalue weighted by molar-refractivity contribution is -0.597. The van der Waals surface area contributed by atoms with Crippen molar-refractivity contribution < 1.29 is 38.5 Å². The molecule has 108 valence electrons. The monoisotopic (exact) mass is 396 g/mol. The molecule has 0 N–H and O–H groups in total. The molecule has 0 spiro atoms. The van der Waals surface area contributed by atoms with Gasteiger partial charge in [-0.3, -0.25) is 0 Å². The molecule has 0 heterocycles. The highest BCUT2D eigenvalue weighted by molar-refractivity contribution is 6.50. The van der Waals surface area contributed by atoms with Crippen molar-refractivity contribution in [3.05, 3.63) is 67.3 Å². The zero-order valence-electron chi connectivity index (χ0n) is 10.9. The van der Waals surface area contributed by atoms with Gasteiger partial charge in [-0.1, -0.05) is 37.3 Å². The number of hydrogen-bond donors (Lipinski definition) is 0. The van der Waals surface area contributed by atoms with Gasteiger partial charge in [0.2, 0.25) is 0 Å². The van der Waals surface area contributed by atoms with E-state index >= 15 is 0 Å². The van der Waals surface area contributed by atoms with Crippen molar-refractivity contribution in [3.8, 4) is 0 Å². The first kappa shape index (κ1) is 17.0. The summed E-state index contributed by atoms with van der Waals surface area (Å²) >= 11 is 0.0106. The van der Waals surface area contributed by atoms with Crippen LogP contribution in [-0.4, -0.2) is 7.25 Å². The molecule has 0 fully saturated rings. The molecule has 0 unspecified atom stereocenters. The molecule has 0 aliphatic rings. The predicted molar refractivity (Wildman–Crippen MR) is 69.8 cm³/mol. The summed E-state index contributed by atoms with van der Waals surface area (Å²) in [6.45, 7) is 2.20. The summed E-state index contributed by atoms with van der Waals surface area (Å²) in [5.41, 5.74) is 1.43. The minimum absolute atomic E-state index is 0.0106. The second-order valence-corrected chi connectivity index (χ2v) is 6.90. The van der Waals surface area contributed by atoms with Gasteiger partial charge >= 0.3 is 28.5 Å². The van der Waals surface area contributed by atoms with Crippen LogP contribution in [0, 0.1) is 7.14 Å². The summed E-state index contributed by atoms with van der Waals surface area (Å²) in [6, 6.07) is 19.8. The minimum atomic E-state index is -6.00. The van der Waals surface area contributed by atoms with Gasteiger partial charge in [-0.25, -0.2) is 0 Å². The van der Waals surface area contributed by atoms with Gasteiger partial charge in [0.1, 0.15) is 0 Å². The van der Waals surface area contributed by atoms with E-state index in [9.17, 15) is 17.3 Å². The number of benzene rings is 2. The van der Waals surface area contributed by atoms with Crippen LogP contribution in [0.15, 0.2) is 54.6 Å². The summed E-state index contributed by atoms with van der Waals surface area (Å²) < 4.78 is 42.0. The van der Waals surface area contributed by atoms with E-state index < -0.39 is 7.25 Å². The first-order chi connectivity index (χ1) is 9.38. The van der Waals surface area contributed by atoms with E-state index in [0.29, 0.717) is 0 Å². The molecule has 20 heavy (non-hydrogen) atoms. The van der Waals surface area contributed by atoms with Crippen LogP contribution in [-0.2, 0) is 6.42 Å². The molecule has 6 heteroatoms. The van der Waals surface area contributed by atoms with Crippen molar-refractivity contribution in [1.82, 2.24) is 0 Å². The van der Waals surface area contributed by atoms with E-state index in [1.54, 1.807) is 0 Å². The van der Waals surface area contributed by atoms with Crippen LogP contribution in [0.4, 0.5) is 17.3 Å². The Morgan fingerprint density at radius 3 is 1.70 bits per heavy atom. The molecule has 0 amide bonds. The Hall–Kier alpha value is -1.05. The van der Waals surface area contributed by atoms with E-state index in [4.69, 9.17) is 0 Å². The second kappa shape index (κ2) is 8.29. The van der Waals surface area contributed by atoms with Crippen molar-refractivity contribution >= 4 is 7.25 Å². The third kappa shape index (κ3) is 8.19. The fraction of sp³-hybridized carbons (Fsp3) is 0.143. The molecule has 2 aromatic carbocycles. The zero-order chi connectivity index (χ0) is 15.0. The molecule has 0 saturated heterocycles. The van der Waals surface area contributed by atoms with Gasteiger partial charge in [0.05, 0.1) is 0 Å². The lowest BCUT2D eigenvalue weighted by Crippen LogP contribution is -3.61. The van der Waals surface area contributed by atoms with Crippen LogP contribution in [0.5, 0.6) is 0 Å². The maximum Gasteiger partial charge on any atom is 0.673 e. The summed E-state index contributed by atoms with van der Waals surface area (Å²) in [5.74, 6) is 0. The Labute approximate surface area is 126 Å². The smallest absolute Gasteiger partial charge is 0.418 e. The lowest BCUT2D eigenvalue weighted by atomic mass is 10.2. The summed E-state index contributed by atoms with van der Waals surface area (Å²) in [6.07, 6.45) is 1.13. The van der Waals surface area contributed by atoms with Gasteiger partial charge in [-0.05, 0) is 36.2 Å². The highest BCUT2D eigenvalue weighted by Gasteiger charge is 2.20. The Morgan fingerprint density at radius 2 is 1.25 bits per heavy atom. The van der Waals surface area contributed by atoms with Gasteiger partial charge in [-0.2, -0.15) is 0 Å². The summed E-state index contributed by atoms with van der Waals surface area (Å²) in [5, 5.41) is 0. The van der Waals surface area contributed by atoms with E-state index in [1.165, 1.54) is 12.7 Å². The number of hydrogen-bond acceptors (Lipinski definition) is 0. The van der Waals surface area contributed by atoms with E-state index in [0.717, 1.165) is 6.42 Å². The van der Waals surface area contributed by atoms with Crippen LogP contribution in [0.1, 0.15) is 12.5 Å². The zero-order valence-corrected chi connectivity index (χ0v) is 13.0. The van der Waals surface area contributed by atoms with Gasteiger partial charge < -0.3 is 17.3 Å². The van der Waals surface area contributed by atoms with Crippen LogP contribution in [0.2, 0.25) is 0 Å². The first-order valence-electron chi connectivity index (χ1n) is 6.04. The summed E-state index contributed by atoms with van der Waals surface area (Å²) in [7, 11) is -6.00. The van der Waals surface area contributed by atoms with E-state index in [2.05, 4.69) is 61.5 Å². The average Bonchev–Trinajstić information content (AvgIpc) is 2.39. The Morgan fingerprint density at radius 1 is 0.800 bits per heavy atom. The van der Waals surface area contributed by atoms with Crippen molar-refractivity contribution in [3.63, 3.8) is 0 Å². The molecule has 0 saturated carbocycles. The van der Waals surface area contributed by atoms with Gasteiger partial charge in [0, 0.05) is 0 Å². The fourth-order valence-electron chi connectivity index (χ4n) is 1.39. The largest absolute Gasteiger partial charge is 0.673 e. The molecule has 0 bridgehead atoms. The quantitative estimate of drug-likeness (QED) is 0.421. The second-order valence-electron chi connectivity index (χ2n) is 3.86. The standard InChI is InChI=1S/C14H14I.BF4/c1-2-12-8-10-14(11-9-12)15-13-6-4-3-5-7-13;2-1(3,4)5/h3-11H,2H2,1H3;/q+1;-1. The van der Waals surface area contributed by atoms with Crippen molar-refractivity contribution in [1.29, 1.82) is 0 Å². The highest BCUT2D eigenvalue weighted by atomic mass is 127. The number of aryl methyl sites for hydroxylation is 1. The molecular weight excluding hydrogens is 382 g/mol. The van der Waals surface area contributed by atoms with E-state index in [-0.39, 0.29) is 21.2 Å². The van der Waals surface area contributed by atoms with Crippen molar-refractivity contribution in [2.45, 2.75) is 13.3 Å². The van der Waals surface area contributed by atoms with Gasteiger partial charge in [-0.15, -0.1) is 0 Å². The van der Waals surface area contributed by atoms with Crippen LogP contribution in [0.25, 0.3) is 0 Å². The Kier molecular flexibility index (Phi) is 7.05. The maximum atomic E-state index is 9.75. The van der Waals surface area contributed by atoms with Gasteiger partial charge in [0.25, 0.3) is 0 Å². The highest BCUT2D eigenvalue weighted by Crippen LogP contribution is 2.06. The molecule has 0 radical (unpaired) electrons. The Balaban J connectivity index is 0.000000347. The molecule has 0 aliphatic carbocycles. The molecular formula is C14H14BF4I. The molecule has 0 atom stereocenters. The molecule has 2 rings (SSSR count). The fourth-order valence-corrected chi connectivity index (χ4v) is 3.60. The average molecular weight is 396 g/mol. The normalized spacial score (nSPS) is 10.7. The third-order valence-corrected chi connectivity index (χ3v) is 4.96. The lowest BCUT2D eigenvalue weighted by Gasteiger charge is -1.94. The first-order valence-corrected chi connectivity index (χ1v) is 8.20.